The van der Waals surface area contributed by atoms with Crippen LogP contribution in [0, 0.1) is 0 Å². The molecule has 6 nitrogen and oxygen atoms in total. The van der Waals surface area contributed by atoms with Crippen LogP contribution in [-0.4, -0.2) is 25.9 Å². The average Bonchev–Trinajstić information content (AvgIpc) is 3.24. The number of hydrogen-bond acceptors (Lipinski definition) is 6. The van der Waals surface area contributed by atoms with Gasteiger partial charge in [0.05, 0.1) is 19.8 Å². The molecule has 0 spiro atoms. The molecule has 6 heteroatoms. The molecule has 29 heavy (non-hydrogen) atoms. The molecule has 1 aromatic heterocycles. The monoisotopic (exact) mass is 393 g/mol. The molecule has 0 bridgehead atoms. The molecule has 0 N–H and O–H groups in total. The zero-order valence-corrected chi connectivity index (χ0v) is 16.6. The van der Waals surface area contributed by atoms with Gasteiger partial charge in [-0.15, -0.1) is 0 Å². The molecule has 0 saturated carbocycles. The molecule has 0 radical (unpaired) electrons. The van der Waals surface area contributed by atoms with E-state index in [0.29, 0.717) is 36.9 Å². The molecule has 0 fully saturated rings. The molecule has 0 saturated heterocycles. The molecule has 150 valence electrons. The molecule has 1 aliphatic heterocycles. The molecular formula is C23H23NO5. The van der Waals surface area contributed by atoms with Gasteiger partial charge in [-0.1, -0.05) is 6.07 Å². The van der Waals surface area contributed by atoms with Crippen LogP contribution < -0.4 is 19.8 Å². The average molecular weight is 393 g/mol. The van der Waals surface area contributed by atoms with Gasteiger partial charge in [0.25, 0.3) is 0 Å². The highest BCUT2D eigenvalue weighted by Gasteiger charge is 2.26. The Bertz CT molecular complexity index is 1150. The summed E-state index contributed by atoms with van der Waals surface area (Å²) in [6.07, 6.45) is 2.76. The van der Waals surface area contributed by atoms with Gasteiger partial charge in [0.15, 0.2) is 11.5 Å². The maximum Gasteiger partial charge on any atom is 0.339 e. The fourth-order valence-corrected chi connectivity index (χ4v) is 4.44. The lowest BCUT2D eigenvalue weighted by Gasteiger charge is -2.29. The number of rotatable bonds is 4. The van der Waals surface area contributed by atoms with E-state index in [1.807, 2.05) is 30.3 Å². The zero-order chi connectivity index (χ0) is 20.0. The molecule has 2 aromatic carbocycles. The first-order valence-electron chi connectivity index (χ1n) is 9.84. The Labute approximate surface area is 168 Å². The largest absolute Gasteiger partial charge is 0.493 e. The summed E-state index contributed by atoms with van der Waals surface area (Å²) in [7, 11) is 3.26. The molecular weight excluding hydrogens is 370 g/mol. The molecule has 0 atom stereocenters. The van der Waals surface area contributed by atoms with Crippen molar-refractivity contribution in [3.8, 4) is 17.2 Å². The predicted octanol–water partition coefficient (Wildman–Crippen LogP) is 3.65. The molecule has 2 aliphatic rings. The Hall–Kier alpha value is -2.99. The van der Waals surface area contributed by atoms with Crippen LogP contribution in [-0.2, 0) is 25.9 Å². The van der Waals surface area contributed by atoms with Crippen molar-refractivity contribution in [2.45, 2.75) is 32.4 Å². The molecule has 0 amide bonds. The quantitative estimate of drug-likeness (QED) is 0.631. The number of hydrogen-bond donors (Lipinski definition) is 0. The number of aryl methyl sites for hydroxylation is 1. The maximum atomic E-state index is 12.5. The Morgan fingerprint density at radius 2 is 1.83 bits per heavy atom. The Kier molecular flexibility index (Phi) is 4.43. The summed E-state index contributed by atoms with van der Waals surface area (Å²) >= 11 is 0. The minimum absolute atomic E-state index is 0.199. The van der Waals surface area contributed by atoms with Gasteiger partial charge in [-0.05, 0) is 54.7 Å². The summed E-state index contributed by atoms with van der Waals surface area (Å²) in [5, 5.41) is 1.05. The summed E-state index contributed by atoms with van der Waals surface area (Å²) in [5.74, 6) is 2.20. The first kappa shape index (κ1) is 18.1. The van der Waals surface area contributed by atoms with E-state index in [0.717, 1.165) is 52.7 Å². The Morgan fingerprint density at radius 1 is 1.00 bits per heavy atom. The standard InChI is InChI=1S/C23H23NO5/c1-26-20-8-6-14(10-21(20)27-2)11-24-12-18-19(28-13-24)9-7-16-15-4-3-5-17(15)23(25)29-22(16)18/h6-10H,3-5,11-13H2,1-2H3. The SMILES string of the molecule is COc1ccc(CN2COc3ccc4c5c(c(=O)oc4c3C2)CCC5)cc1OC. The second kappa shape index (κ2) is 7.12. The van der Waals surface area contributed by atoms with E-state index in [1.54, 1.807) is 14.2 Å². The van der Waals surface area contributed by atoms with Crippen molar-refractivity contribution in [3.05, 3.63) is 63.0 Å². The normalized spacial score (nSPS) is 15.7. The van der Waals surface area contributed by atoms with E-state index in [4.69, 9.17) is 18.6 Å². The number of methoxy groups -OCH3 is 2. The van der Waals surface area contributed by atoms with Crippen LogP contribution >= 0.6 is 0 Å². The third-order valence-corrected chi connectivity index (χ3v) is 5.84. The third-order valence-electron chi connectivity index (χ3n) is 5.84. The van der Waals surface area contributed by atoms with Crippen molar-refractivity contribution in [2.75, 3.05) is 21.0 Å². The highest BCUT2D eigenvalue weighted by molar-refractivity contribution is 5.86. The van der Waals surface area contributed by atoms with Crippen molar-refractivity contribution < 1.29 is 18.6 Å². The van der Waals surface area contributed by atoms with Crippen LogP contribution in [0.3, 0.4) is 0 Å². The van der Waals surface area contributed by atoms with Crippen LogP contribution in [0.1, 0.15) is 28.7 Å². The second-order valence-electron chi connectivity index (χ2n) is 7.57. The zero-order valence-electron chi connectivity index (χ0n) is 16.6. The fraction of sp³-hybridized carbons (Fsp3) is 0.348. The summed E-state index contributed by atoms with van der Waals surface area (Å²) in [5.41, 5.74) is 4.51. The van der Waals surface area contributed by atoms with Gasteiger partial charge in [0.1, 0.15) is 18.1 Å². The maximum absolute atomic E-state index is 12.5. The van der Waals surface area contributed by atoms with Crippen LogP contribution in [0.15, 0.2) is 39.5 Å². The Morgan fingerprint density at radius 3 is 2.66 bits per heavy atom. The van der Waals surface area contributed by atoms with E-state index in [1.165, 1.54) is 0 Å². The van der Waals surface area contributed by atoms with Gasteiger partial charge in [-0.3, -0.25) is 4.90 Å². The van der Waals surface area contributed by atoms with E-state index in [2.05, 4.69) is 4.90 Å². The first-order valence-corrected chi connectivity index (χ1v) is 9.84. The van der Waals surface area contributed by atoms with Gasteiger partial charge in [-0.2, -0.15) is 0 Å². The predicted molar refractivity (Wildman–Crippen MR) is 109 cm³/mol. The van der Waals surface area contributed by atoms with Gasteiger partial charge < -0.3 is 18.6 Å². The van der Waals surface area contributed by atoms with E-state index in [9.17, 15) is 4.79 Å². The lowest BCUT2D eigenvalue weighted by atomic mass is 10.0. The van der Waals surface area contributed by atoms with Crippen molar-refractivity contribution in [3.63, 3.8) is 0 Å². The van der Waals surface area contributed by atoms with Crippen LogP contribution in [0.4, 0.5) is 0 Å². The minimum atomic E-state index is -0.199. The second-order valence-corrected chi connectivity index (χ2v) is 7.57. The molecule has 0 unspecified atom stereocenters. The summed E-state index contributed by atoms with van der Waals surface area (Å²) in [6, 6.07) is 9.94. The van der Waals surface area contributed by atoms with E-state index < -0.39 is 0 Å². The smallest absolute Gasteiger partial charge is 0.339 e. The van der Waals surface area contributed by atoms with Gasteiger partial charge in [0, 0.05) is 24.0 Å². The number of nitrogens with zero attached hydrogens (tertiary/aromatic N) is 1. The van der Waals surface area contributed by atoms with E-state index in [-0.39, 0.29) is 5.63 Å². The molecule has 2 heterocycles. The lowest BCUT2D eigenvalue weighted by Crippen LogP contribution is -2.31. The number of ether oxygens (including phenoxy) is 3. The van der Waals surface area contributed by atoms with Crippen LogP contribution in [0.2, 0.25) is 0 Å². The first-order chi connectivity index (χ1) is 14.2. The molecule has 3 aromatic rings. The summed E-state index contributed by atoms with van der Waals surface area (Å²) < 4.78 is 22.5. The third kappa shape index (κ3) is 3.04. The van der Waals surface area contributed by atoms with Crippen molar-refractivity contribution in [1.82, 2.24) is 4.90 Å². The summed E-state index contributed by atoms with van der Waals surface area (Å²) in [4.78, 5) is 14.6. The van der Waals surface area contributed by atoms with Crippen molar-refractivity contribution in [2.24, 2.45) is 0 Å². The fourth-order valence-electron chi connectivity index (χ4n) is 4.44. The van der Waals surface area contributed by atoms with Crippen LogP contribution in [0.5, 0.6) is 17.2 Å². The van der Waals surface area contributed by atoms with Gasteiger partial charge in [-0.25, -0.2) is 4.79 Å². The highest BCUT2D eigenvalue weighted by Crippen LogP contribution is 2.36. The lowest BCUT2D eigenvalue weighted by molar-refractivity contribution is 0.0889. The number of fused-ring (bicyclic) bond motifs is 5. The Balaban J connectivity index is 1.48. The highest BCUT2D eigenvalue weighted by atomic mass is 16.5. The van der Waals surface area contributed by atoms with Crippen molar-refractivity contribution in [1.29, 1.82) is 0 Å². The number of benzene rings is 2. The molecule has 5 rings (SSSR count). The van der Waals surface area contributed by atoms with E-state index >= 15 is 0 Å². The van der Waals surface area contributed by atoms with Gasteiger partial charge >= 0.3 is 5.63 Å². The summed E-state index contributed by atoms with van der Waals surface area (Å²) in [6.45, 7) is 1.82. The minimum Gasteiger partial charge on any atom is -0.493 e. The topological polar surface area (TPSA) is 61.1 Å². The molecule has 1 aliphatic carbocycles. The van der Waals surface area contributed by atoms with Gasteiger partial charge in [0.2, 0.25) is 0 Å². The van der Waals surface area contributed by atoms with Crippen LogP contribution in [0.25, 0.3) is 11.0 Å². The van der Waals surface area contributed by atoms with Crippen molar-refractivity contribution >= 4 is 11.0 Å².